The molecule has 734 valence electrons. The number of aromatic nitrogens is 26. The maximum Gasteiger partial charge on any atom is 0.268 e. The molecule has 0 aliphatic heterocycles. The maximum absolute atomic E-state index is 14.1. The molecule has 0 radical (unpaired) electrons. The monoisotopic (exact) mass is 2090 g/mol. The van der Waals surface area contributed by atoms with E-state index in [1.165, 1.54) is 71.3 Å². The van der Waals surface area contributed by atoms with Crippen molar-refractivity contribution < 1.29 is 13.2 Å². The molecule has 21 rings (SSSR count). The second kappa shape index (κ2) is 43.6. The van der Waals surface area contributed by atoms with Crippen LogP contribution < -0.4 is 55.3 Å². The van der Waals surface area contributed by atoms with Crippen molar-refractivity contribution in [1.29, 1.82) is 10.5 Å². The molecule has 0 saturated carbocycles. The number of hydrogen-bond acceptors (Lipinski definition) is 33. The lowest BCUT2D eigenvalue weighted by molar-refractivity contribution is 0.509. The summed E-state index contributed by atoms with van der Waals surface area (Å²) >= 11 is 36.8. The van der Waals surface area contributed by atoms with Gasteiger partial charge in [0.05, 0.1) is 120 Å². The number of benzene rings is 4. The van der Waals surface area contributed by atoms with Gasteiger partial charge in [0, 0.05) is 61.7 Å². The highest BCUT2D eigenvalue weighted by Gasteiger charge is 2.29. The van der Waals surface area contributed by atoms with Crippen molar-refractivity contribution in [1.82, 2.24) is 128 Å². The first-order chi connectivity index (χ1) is 71.4. The van der Waals surface area contributed by atoms with Gasteiger partial charge in [-0.3, -0.25) is 4.98 Å². The van der Waals surface area contributed by atoms with Crippen molar-refractivity contribution in [3.05, 3.63) is 341 Å². The summed E-state index contributed by atoms with van der Waals surface area (Å²) in [5, 5.41) is 60.9. The van der Waals surface area contributed by atoms with Gasteiger partial charge >= 0.3 is 0 Å². The SMILES string of the molecule is C[C@H](Nc1ncnc(N)c1C#N)c1cc2ncc(Cl)n2nc1-c1ccc2cccnc2c1.C[C@H](Nc1ncnc(N)c1C#N)c1cc2ncc(Cl)n2nc1C1=CCC=C1.[C-]#[N+]c1c(N)ncnc1N[C@@H](C)c1cc2ncc(Cl)n2nc1-c1ccc(Cl)c(F)c1.[C-]#[N+]c1c(N)ncnc1N[C@@H](C)c1cc2ncc(Cl)n2nc1-c1ccc(F)c(F)c1.[C-]#[N+]c1c(N)ncnc1N[C@@H](C)c1cc2ncc(Cl)n2nc1-c1cccc(C)c1. The summed E-state index contributed by atoms with van der Waals surface area (Å²) < 4.78 is 49.1. The standard InChI is InChI=1S/C22H16ClN9.C20H17ClN8.C19H13Cl2FN8.C19H13ClF2N8.C18H15ClN8/c1-12(30-22-16(9-24)21(25)28-11-29-22)15-8-19-27-10-18(23)32(19)31-20(15)14-5-4-13-3-2-6-26-17(13)7-14;1-11-5-4-6-13(7-11)17-14(8-16-24-9-15(21)29(16)28-17)12(2)27-20-18(23-3)19(22)25-10-26-20;1-9(28-19-17(24-2)18(23)26-8-27-19)11-6-15-25-7-14(21)30(15)29-16(11)10-3-4-12(20)13(22)5-10;1-9(28-19-17(24-2)18(23)26-8-27-19)11-6-15-25-7-14(20)30(15)29-16(11)10-3-4-12(21)13(22)5-10;1-10(25-18-13(7-20)17(21)23-9-24-18)12-6-15-22-8-14(19)27(15)26-16(12)11-4-2-3-5-11/h2-8,10-12H,1H3,(H3,25,28,29,30);4-10,12H,1-2H3,(H3,22,25,26,27);2*3-9H,1H3,(H3,23,26,27,28);2,4-6,8-10H,3H2,1H3,(H3,21,23,24,25)/t2*12-;2*9-;10-/m00000/s1. The normalized spacial score (nSPS) is 12.4. The minimum Gasteiger partial charge on any atom is -0.392 e. The number of anilines is 10. The number of nitrogens with two attached hydrogens (primary N) is 5. The van der Waals surface area contributed by atoms with Crippen LogP contribution in [0.25, 0.3) is 104 Å². The number of aryl methyl sites for hydroxylation is 1. The zero-order chi connectivity index (χ0) is 105. The Bertz CT molecular complexity index is 8700. The molecule has 1 aliphatic rings. The van der Waals surface area contributed by atoms with Crippen LogP contribution in [0.1, 0.15) is 121 Å². The van der Waals surface area contributed by atoms with Crippen molar-refractivity contribution in [2.45, 2.75) is 78.2 Å². The van der Waals surface area contributed by atoms with Gasteiger partial charge in [-0.05, 0) is 132 Å². The molecule has 0 unspecified atom stereocenters. The largest absolute Gasteiger partial charge is 0.392 e. The lowest BCUT2D eigenvalue weighted by Gasteiger charge is -2.19. The summed E-state index contributed by atoms with van der Waals surface area (Å²) in [5.41, 5.74) is 45.2. The summed E-state index contributed by atoms with van der Waals surface area (Å²) in [6.07, 6.45) is 22.9. The second-order valence-corrected chi connectivity index (χ2v) is 34.9. The van der Waals surface area contributed by atoms with Gasteiger partial charge in [-0.2, -0.15) is 36.0 Å². The van der Waals surface area contributed by atoms with Crippen LogP contribution in [0.3, 0.4) is 0 Å². The molecule has 16 aromatic heterocycles. The van der Waals surface area contributed by atoms with Crippen LogP contribution in [0.15, 0.2) is 208 Å². The average molecular weight is 2100 g/mol. The van der Waals surface area contributed by atoms with Gasteiger partial charge in [0.2, 0.25) is 0 Å². The fourth-order valence-electron chi connectivity index (χ4n) is 15.7. The first-order valence-corrected chi connectivity index (χ1v) is 46.3. The van der Waals surface area contributed by atoms with Crippen molar-refractivity contribution >= 4 is 190 Å². The van der Waals surface area contributed by atoms with E-state index in [4.69, 9.17) is 128 Å². The van der Waals surface area contributed by atoms with Gasteiger partial charge < -0.3 is 55.3 Å². The maximum atomic E-state index is 14.1. The predicted molar refractivity (Wildman–Crippen MR) is 559 cm³/mol. The van der Waals surface area contributed by atoms with Crippen LogP contribution in [0.5, 0.6) is 0 Å². The Hall–Kier alpha value is -18.8. The molecule has 0 bridgehead atoms. The Morgan fingerprint density at radius 1 is 0.365 bits per heavy atom. The van der Waals surface area contributed by atoms with E-state index in [9.17, 15) is 23.7 Å². The number of imidazole rings is 5. The van der Waals surface area contributed by atoms with Crippen LogP contribution in [0.4, 0.5) is 88.4 Å². The summed E-state index contributed by atoms with van der Waals surface area (Å²) in [4.78, 5) is 76.0. The molecule has 16 heterocycles. The average Bonchev–Trinajstić information content (AvgIpc) is 1.56. The van der Waals surface area contributed by atoms with Crippen molar-refractivity contribution in [2.75, 3.05) is 55.3 Å². The Balaban J connectivity index is 0.000000126. The Morgan fingerprint density at radius 2 is 0.703 bits per heavy atom. The van der Waals surface area contributed by atoms with E-state index in [-0.39, 0.29) is 97.2 Å². The minimum atomic E-state index is -1.00. The number of nitrogens with zero attached hydrogens (tertiary/aromatic N) is 31. The molecule has 0 spiro atoms. The van der Waals surface area contributed by atoms with E-state index >= 15 is 0 Å². The molecule has 15 N–H and O–H groups in total. The molecule has 20 aromatic rings. The van der Waals surface area contributed by atoms with Crippen molar-refractivity contribution in [3.8, 4) is 57.2 Å². The lowest BCUT2D eigenvalue weighted by atomic mass is 10.00. The van der Waals surface area contributed by atoms with E-state index in [1.807, 2.05) is 120 Å². The van der Waals surface area contributed by atoms with Crippen LogP contribution in [0.2, 0.25) is 30.8 Å². The van der Waals surface area contributed by atoms with Crippen LogP contribution in [-0.4, -0.2) is 128 Å². The molecule has 4 aromatic carbocycles. The molecule has 148 heavy (non-hydrogen) atoms. The first-order valence-electron chi connectivity index (χ1n) is 44.1. The number of allylic oxidation sites excluding steroid dienone is 4. The van der Waals surface area contributed by atoms with Gasteiger partial charge in [0.1, 0.15) is 119 Å². The number of rotatable bonds is 20. The zero-order valence-electron chi connectivity index (χ0n) is 77.9. The molecule has 5 atom stereocenters. The number of halogens is 9. The number of nitrogens with one attached hydrogen (secondary N) is 5. The highest BCUT2D eigenvalue weighted by atomic mass is 35.5. The molecule has 0 saturated heterocycles. The van der Waals surface area contributed by atoms with E-state index < -0.39 is 29.5 Å². The van der Waals surface area contributed by atoms with Gasteiger partial charge in [-0.15, -0.1) is 0 Å². The summed E-state index contributed by atoms with van der Waals surface area (Å²) in [6, 6.07) is 37.6. The third-order valence-corrected chi connectivity index (χ3v) is 24.6. The third-order valence-electron chi connectivity index (χ3n) is 23.0. The van der Waals surface area contributed by atoms with Crippen molar-refractivity contribution in [2.24, 2.45) is 0 Å². The summed E-state index contributed by atoms with van der Waals surface area (Å²) in [6.45, 7) is 33.6. The Morgan fingerprint density at radius 3 is 1.06 bits per heavy atom. The predicted octanol–water partition coefficient (Wildman–Crippen LogP) is 21.0. The Labute approximate surface area is 867 Å². The fraction of sp³-hybridized carbons (Fsp3) is 0.122. The smallest absolute Gasteiger partial charge is 0.268 e. The summed E-state index contributed by atoms with van der Waals surface area (Å²) in [5.74, 6) is -0.422. The van der Waals surface area contributed by atoms with Crippen LogP contribution >= 0.6 is 69.6 Å². The number of nitrogen functional groups attached to an aromatic ring is 5. The molecular formula is C98H74Cl6F3N41. The first kappa shape index (κ1) is 101. The quantitative estimate of drug-likeness (QED) is 0.0317. The Kier molecular flexibility index (Phi) is 29.7. The highest BCUT2D eigenvalue weighted by Crippen LogP contribution is 2.42. The number of nitriles is 2. The topological polar surface area (TPSA) is 544 Å². The summed E-state index contributed by atoms with van der Waals surface area (Å²) in [7, 11) is 0. The van der Waals surface area contributed by atoms with Gasteiger partial charge in [-0.1, -0.05) is 136 Å². The number of hydrogen-bond donors (Lipinski definition) is 10. The van der Waals surface area contributed by atoms with E-state index in [1.54, 1.807) is 63.5 Å². The van der Waals surface area contributed by atoms with E-state index in [2.05, 4.69) is 154 Å². The molecule has 0 amide bonds. The molecular weight excluding hydrogens is 2020 g/mol. The number of fused-ring (bicyclic) bond motifs is 6. The molecule has 41 nitrogen and oxygen atoms in total. The van der Waals surface area contributed by atoms with Crippen LogP contribution in [0, 0.1) is 66.8 Å². The van der Waals surface area contributed by atoms with Gasteiger partial charge in [-0.25, -0.2) is 125 Å². The van der Waals surface area contributed by atoms with E-state index in [0.717, 1.165) is 79.8 Å². The minimum absolute atomic E-state index is 0.00590. The van der Waals surface area contributed by atoms with E-state index in [0.29, 0.717) is 106 Å². The van der Waals surface area contributed by atoms with Gasteiger partial charge in [0.15, 0.2) is 65.6 Å². The second-order valence-electron chi connectivity index (χ2n) is 32.6. The third kappa shape index (κ3) is 21.2. The molecule has 0 fully saturated rings. The van der Waals surface area contributed by atoms with Gasteiger partial charge in [0.25, 0.3) is 17.1 Å². The fourth-order valence-corrected chi connectivity index (χ4v) is 16.7. The lowest BCUT2D eigenvalue weighted by Crippen LogP contribution is -2.14. The molecule has 50 heteroatoms. The van der Waals surface area contributed by atoms with Crippen LogP contribution in [-0.2, 0) is 0 Å². The highest BCUT2D eigenvalue weighted by molar-refractivity contribution is 6.31. The van der Waals surface area contributed by atoms with Crippen molar-refractivity contribution in [3.63, 3.8) is 0 Å². The zero-order valence-corrected chi connectivity index (χ0v) is 82.4. The molecule has 1 aliphatic carbocycles. The number of pyridine rings is 1.